The quantitative estimate of drug-likeness (QED) is 0.673. The van der Waals surface area contributed by atoms with Gasteiger partial charge in [0, 0.05) is 17.7 Å². The molecule has 1 aromatic heterocycles. The van der Waals surface area contributed by atoms with Gasteiger partial charge in [-0.2, -0.15) is 4.98 Å². The Morgan fingerprint density at radius 1 is 1.17 bits per heavy atom. The average Bonchev–Trinajstić information content (AvgIpc) is 3.21. The van der Waals surface area contributed by atoms with E-state index in [2.05, 4.69) is 15.5 Å². The van der Waals surface area contributed by atoms with Crippen LogP contribution in [0.5, 0.6) is 0 Å². The van der Waals surface area contributed by atoms with Crippen molar-refractivity contribution in [1.82, 2.24) is 15.5 Å². The Morgan fingerprint density at radius 3 is 2.80 bits per heavy atom. The van der Waals surface area contributed by atoms with E-state index in [9.17, 15) is 13.2 Å². The fourth-order valence-electron chi connectivity index (χ4n) is 3.37. The highest BCUT2D eigenvalue weighted by molar-refractivity contribution is 7.92. The molecule has 1 saturated heterocycles. The summed E-state index contributed by atoms with van der Waals surface area (Å²) in [7, 11) is -3.33. The monoisotopic (exact) mass is 426 g/mol. The molecule has 0 aliphatic carbocycles. The van der Waals surface area contributed by atoms with Crippen molar-refractivity contribution in [3.05, 3.63) is 65.5 Å². The zero-order valence-electron chi connectivity index (χ0n) is 16.5. The molecule has 2 heterocycles. The van der Waals surface area contributed by atoms with E-state index < -0.39 is 10.0 Å². The molecule has 4 rings (SSSR count). The molecule has 156 valence electrons. The average molecular weight is 426 g/mol. The van der Waals surface area contributed by atoms with E-state index in [0.29, 0.717) is 30.0 Å². The molecule has 8 nitrogen and oxygen atoms in total. The Morgan fingerprint density at radius 2 is 2.00 bits per heavy atom. The van der Waals surface area contributed by atoms with Crippen LogP contribution in [-0.4, -0.2) is 36.8 Å². The minimum absolute atomic E-state index is 0.0733. The van der Waals surface area contributed by atoms with Crippen molar-refractivity contribution >= 4 is 21.6 Å². The van der Waals surface area contributed by atoms with Crippen LogP contribution < -0.4 is 9.62 Å². The van der Waals surface area contributed by atoms with E-state index in [1.54, 1.807) is 24.3 Å². The number of carbonyl (C=O) groups excluding carboxylic acids is 1. The highest BCUT2D eigenvalue weighted by Gasteiger charge is 2.26. The van der Waals surface area contributed by atoms with E-state index in [1.165, 1.54) is 4.31 Å². The Balaban J connectivity index is 1.44. The van der Waals surface area contributed by atoms with Crippen molar-refractivity contribution in [2.45, 2.75) is 26.3 Å². The summed E-state index contributed by atoms with van der Waals surface area (Å²) in [6.45, 7) is 2.48. The molecule has 3 aromatic rings. The van der Waals surface area contributed by atoms with Gasteiger partial charge in [-0.1, -0.05) is 35.0 Å². The molecule has 2 aromatic carbocycles. The van der Waals surface area contributed by atoms with Crippen molar-refractivity contribution in [3.63, 3.8) is 0 Å². The highest BCUT2D eigenvalue weighted by atomic mass is 32.2. The van der Waals surface area contributed by atoms with E-state index >= 15 is 0 Å². The van der Waals surface area contributed by atoms with Crippen LogP contribution in [0.1, 0.15) is 34.7 Å². The summed E-state index contributed by atoms with van der Waals surface area (Å²) in [5.41, 5.74) is 2.79. The molecule has 30 heavy (non-hydrogen) atoms. The highest BCUT2D eigenvalue weighted by Crippen LogP contribution is 2.24. The lowest BCUT2D eigenvalue weighted by Gasteiger charge is -2.28. The van der Waals surface area contributed by atoms with Crippen LogP contribution in [0.4, 0.5) is 5.69 Å². The molecule has 0 saturated carbocycles. The van der Waals surface area contributed by atoms with E-state index in [0.717, 1.165) is 17.5 Å². The third-order valence-corrected chi connectivity index (χ3v) is 6.76. The Bertz CT molecular complexity index is 1170. The normalized spacial score (nSPS) is 15.7. The Labute approximate surface area is 175 Å². The number of amides is 1. The van der Waals surface area contributed by atoms with Crippen molar-refractivity contribution in [3.8, 4) is 11.4 Å². The molecule has 1 amide bonds. The number of nitrogens with one attached hydrogen (secondary N) is 1. The van der Waals surface area contributed by atoms with E-state index in [1.807, 2.05) is 31.2 Å². The molecule has 0 unspecified atom stereocenters. The first-order chi connectivity index (χ1) is 14.4. The number of hydrogen-bond acceptors (Lipinski definition) is 6. The molecule has 1 fully saturated rings. The van der Waals surface area contributed by atoms with Gasteiger partial charge in [0.1, 0.15) is 0 Å². The maximum absolute atomic E-state index is 12.6. The maximum Gasteiger partial charge on any atom is 0.251 e. The minimum atomic E-state index is -3.33. The van der Waals surface area contributed by atoms with E-state index in [4.69, 9.17) is 4.52 Å². The molecule has 1 N–H and O–H groups in total. The van der Waals surface area contributed by atoms with Gasteiger partial charge in [0.05, 0.1) is 18.0 Å². The number of rotatable bonds is 5. The van der Waals surface area contributed by atoms with Gasteiger partial charge in [-0.25, -0.2) is 8.42 Å². The van der Waals surface area contributed by atoms with Crippen LogP contribution in [0.25, 0.3) is 11.4 Å². The van der Waals surface area contributed by atoms with Gasteiger partial charge in [0.2, 0.25) is 21.7 Å². The number of carbonyl (C=O) groups is 1. The smallest absolute Gasteiger partial charge is 0.251 e. The number of nitrogens with zero attached hydrogens (tertiary/aromatic N) is 3. The molecule has 1 aliphatic rings. The largest absolute Gasteiger partial charge is 0.343 e. The SMILES string of the molecule is Cc1cccc(-c2noc(CNC(=O)c3cccc(N4CCCCS4(=O)=O)c3)n2)c1. The van der Waals surface area contributed by atoms with Crippen LogP contribution in [0.2, 0.25) is 0 Å². The summed E-state index contributed by atoms with van der Waals surface area (Å²) < 4.78 is 31.2. The first-order valence-electron chi connectivity index (χ1n) is 9.71. The molecule has 0 radical (unpaired) electrons. The second kappa shape index (κ2) is 8.27. The molecule has 9 heteroatoms. The number of aryl methyl sites for hydroxylation is 1. The van der Waals surface area contributed by atoms with Crippen LogP contribution in [0.3, 0.4) is 0 Å². The number of aromatic nitrogens is 2. The number of hydrogen-bond donors (Lipinski definition) is 1. The maximum atomic E-state index is 12.6. The number of anilines is 1. The van der Waals surface area contributed by atoms with Crippen LogP contribution in [0.15, 0.2) is 53.1 Å². The van der Waals surface area contributed by atoms with Crippen LogP contribution >= 0.6 is 0 Å². The van der Waals surface area contributed by atoms with Gasteiger partial charge >= 0.3 is 0 Å². The number of benzene rings is 2. The molecule has 1 aliphatic heterocycles. The predicted octanol–water partition coefficient (Wildman–Crippen LogP) is 2.91. The zero-order valence-corrected chi connectivity index (χ0v) is 17.4. The van der Waals surface area contributed by atoms with Crippen LogP contribution in [-0.2, 0) is 16.6 Å². The Hall–Kier alpha value is -3.20. The zero-order chi connectivity index (χ0) is 21.1. The fourth-order valence-corrected chi connectivity index (χ4v) is 5.00. The lowest BCUT2D eigenvalue weighted by Crippen LogP contribution is -2.38. The second-order valence-corrected chi connectivity index (χ2v) is 9.22. The molecule has 0 bridgehead atoms. The Kier molecular flexibility index (Phi) is 5.54. The standard InChI is InChI=1S/C21H22N4O4S/c1-15-6-4-7-16(12-15)20-23-19(29-24-20)14-22-21(26)17-8-5-9-18(13-17)25-10-2-3-11-30(25,27)28/h4-9,12-13H,2-3,10-11,14H2,1H3,(H,22,26). The van der Waals surface area contributed by atoms with Crippen molar-refractivity contribution in [2.75, 3.05) is 16.6 Å². The van der Waals surface area contributed by atoms with Gasteiger partial charge < -0.3 is 9.84 Å². The minimum Gasteiger partial charge on any atom is -0.343 e. The third-order valence-electron chi connectivity index (χ3n) is 4.89. The van der Waals surface area contributed by atoms with Crippen molar-refractivity contribution in [1.29, 1.82) is 0 Å². The summed E-state index contributed by atoms with van der Waals surface area (Å²) in [6.07, 6.45) is 1.46. The summed E-state index contributed by atoms with van der Waals surface area (Å²) in [6, 6.07) is 14.3. The second-order valence-electron chi connectivity index (χ2n) is 7.21. The predicted molar refractivity (Wildman–Crippen MR) is 112 cm³/mol. The third kappa shape index (κ3) is 4.35. The van der Waals surface area contributed by atoms with Crippen LogP contribution in [0, 0.1) is 6.92 Å². The summed E-state index contributed by atoms with van der Waals surface area (Å²) in [4.78, 5) is 16.9. The summed E-state index contributed by atoms with van der Waals surface area (Å²) >= 11 is 0. The molecule has 0 spiro atoms. The van der Waals surface area contributed by atoms with Crippen molar-refractivity contribution < 1.29 is 17.7 Å². The topological polar surface area (TPSA) is 105 Å². The first kappa shape index (κ1) is 20.1. The lowest BCUT2D eigenvalue weighted by molar-refractivity contribution is 0.0946. The van der Waals surface area contributed by atoms with Gasteiger partial charge in [-0.3, -0.25) is 9.10 Å². The molecule has 0 atom stereocenters. The summed E-state index contributed by atoms with van der Waals surface area (Å²) in [5.74, 6) is 0.528. The summed E-state index contributed by atoms with van der Waals surface area (Å²) in [5, 5.41) is 6.70. The fraction of sp³-hybridized carbons (Fsp3) is 0.286. The van der Waals surface area contributed by atoms with Gasteiger partial charge in [-0.05, 0) is 44.0 Å². The van der Waals surface area contributed by atoms with Gasteiger partial charge in [0.15, 0.2) is 0 Å². The van der Waals surface area contributed by atoms with Gasteiger partial charge in [-0.15, -0.1) is 0 Å². The van der Waals surface area contributed by atoms with Crippen molar-refractivity contribution in [2.24, 2.45) is 0 Å². The van der Waals surface area contributed by atoms with Gasteiger partial charge in [0.25, 0.3) is 5.91 Å². The molecular weight excluding hydrogens is 404 g/mol. The first-order valence-corrected chi connectivity index (χ1v) is 11.3. The number of sulfonamides is 1. The lowest BCUT2D eigenvalue weighted by atomic mass is 10.1. The molecular formula is C21H22N4O4S. The van der Waals surface area contributed by atoms with E-state index in [-0.39, 0.29) is 24.1 Å².